The highest BCUT2D eigenvalue weighted by molar-refractivity contribution is 8.00. The van der Waals surface area contributed by atoms with Crippen LogP contribution < -0.4 is 16.0 Å². The lowest BCUT2D eigenvalue weighted by Gasteiger charge is -2.16. The molecule has 11 nitrogen and oxygen atoms in total. The Kier molecular flexibility index (Phi) is 12.6. The molecule has 3 N–H and O–H groups in total. The van der Waals surface area contributed by atoms with Gasteiger partial charge in [-0.3, -0.25) is 4.79 Å². The molecule has 2 aliphatic heterocycles. The van der Waals surface area contributed by atoms with E-state index in [1.165, 1.54) is 0 Å². The minimum atomic E-state index is -0.0372. The molecule has 0 bridgehead atoms. The van der Waals surface area contributed by atoms with Crippen LogP contribution in [0.3, 0.4) is 0 Å². The molecule has 0 aliphatic carbocycles. The molecule has 0 radical (unpaired) electrons. The monoisotopic (exact) mass is 512 g/mol. The number of aryl methyl sites for hydroxylation is 1. The van der Waals surface area contributed by atoms with E-state index in [0.717, 1.165) is 43.6 Å². The first-order valence-electron chi connectivity index (χ1n) is 12.7. The second-order valence-electron chi connectivity index (χ2n) is 8.73. The van der Waals surface area contributed by atoms with Crippen molar-refractivity contribution in [2.24, 2.45) is 0 Å². The van der Waals surface area contributed by atoms with E-state index in [-0.39, 0.29) is 24.0 Å². The van der Waals surface area contributed by atoms with Gasteiger partial charge >= 0.3 is 6.03 Å². The number of rotatable bonds is 19. The topological polar surface area (TPSA) is 129 Å². The lowest BCUT2D eigenvalue weighted by molar-refractivity contribution is -0.121. The number of thioether (sulfide) groups is 1. The minimum Gasteiger partial charge on any atom is -0.377 e. The van der Waals surface area contributed by atoms with Crippen LogP contribution in [0.1, 0.15) is 44.7 Å². The zero-order valence-electron chi connectivity index (χ0n) is 20.7. The quantitative estimate of drug-likeness (QED) is 0.186. The van der Waals surface area contributed by atoms with E-state index in [9.17, 15) is 9.59 Å². The van der Waals surface area contributed by atoms with Crippen molar-refractivity contribution >= 4 is 23.7 Å². The van der Waals surface area contributed by atoms with Gasteiger partial charge in [0.25, 0.3) is 0 Å². The standard InChI is InChI=1S/C23H40N6O5S/c1-2-18-16-29(28-27-18)9-11-33-13-15-34-14-12-32-10-8-24-21(30)7-5-3-4-6-20-22-19(17-35-20)25-23(31)26-22/h16,19-20,22H,2-15,17H2,1H3,(H,24,30)(H2,25,26,31)/t19-,20?,22-/m0/s1. The van der Waals surface area contributed by atoms with Gasteiger partial charge in [0, 0.05) is 30.2 Å². The first-order valence-corrected chi connectivity index (χ1v) is 13.8. The van der Waals surface area contributed by atoms with Gasteiger partial charge in [0.1, 0.15) is 0 Å². The van der Waals surface area contributed by atoms with Gasteiger partial charge in [-0.25, -0.2) is 9.48 Å². The smallest absolute Gasteiger partial charge is 0.315 e. The highest BCUT2D eigenvalue weighted by Crippen LogP contribution is 2.33. The van der Waals surface area contributed by atoms with Gasteiger partial charge in [0.15, 0.2) is 0 Å². The van der Waals surface area contributed by atoms with Gasteiger partial charge in [-0.1, -0.05) is 25.0 Å². The van der Waals surface area contributed by atoms with Crippen molar-refractivity contribution in [1.29, 1.82) is 0 Å². The number of aromatic nitrogens is 3. The predicted molar refractivity (Wildman–Crippen MR) is 133 cm³/mol. The van der Waals surface area contributed by atoms with Crippen LogP contribution in [-0.4, -0.2) is 96.2 Å². The third-order valence-corrected chi connectivity index (χ3v) is 7.56. The SMILES string of the molecule is CCc1cn(CCOCCOCCOCCNC(=O)CCCCCC2SC[C@@H]3NC(=O)N[C@H]23)nn1. The van der Waals surface area contributed by atoms with E-state index in [4.69, 9.17) is 14.2 Å². The molecule has 3 rings (SSSR count). The van der Waals surface area contributed by atoms with Crippen LogP contribution in [0.5, 0.6) is 0 Å². The van der Waals surface area contributed by atoms with Crippen molar-refractivity contribution in [3.8, 4) is 0 Å². The van der Waals surface area contributed by atoms with Gasteiger partial charge in [0.05, 0.1) is 64.0 Å². The summed E-state index contributed by atoms with van der Waals surface area (Å²) in [6.45, 7) is 6.33. The Bertz CT molecular complexity index is 767. The zero-order chi connectivity index (χ0) is 24.7. The number of urea groups is 1. The molecule has 3 atom stereocenters. The minimum absolute atomic E-state index is 0.0372. The molecule has 12 heteroatoms. The van der Waals surface area contributed by atoms with Crippen molar-refractivity contribution in [1.82, 2.24) is 30.9 Å². The number of fused-ring (bicyclic) bond motifs is 1. The second-order valence-corrected chi connectivity index (χ2v) is 10.0. The van der Waals surface area contributed by atoms with E-state index in [1.54, 1.807) is 4.68 Å². The first kappa shape index (κ1) is 27.7. The normalized spacial score (nSPS) is 21.1. The largest absolute Gasteiger partial charge is 0.377 e. The van der Waals surface area contributed by atoms with Crippen LogP contribution >= 0.6 is 11.8 Å². The number of carbonyl (C=O) groups excluding carboxylic acids is 2. The van der Waals surface area contributed by atoms with Crippen molar-refractivity contribution in [3.63, 3.8) is 0 Å². The fourth-order valence-corrected chi connectivity index (χ4v) is 5.66. The average Bonchev–Trinajstić information content (AvgIpc) is 3.56. The zero-order valence-corrected chi connectivity index (χ0v) is 21.5. The molecule has 0 aromatic carbocycles. The van der Waals surface area contributed by atoms with E-state index >= 15 is 0 Å². The number of hydrogen-bond acceptors (Lipinski definition) is 8. The van der Waals surface area contributed by atoms with Crippen LogP contribution in [0, 0.1) is 0 Å². The summed E-state index contributed by atoms with van der Waals surface area (Å²) in [6.07, 6.45) is 7.44. The van der Waals surface area contributed by atoms with Crippen LogP contribution in [0.25, 0.3) is 0 Å². The third-order valence-electron chi connectivity index (χ3n) is 6.06. The Morgan fingerprint density at radius 3 is 2.66 bits per heavy atom. The van der Waals surface area contributed by atoms with Crippen molar-refractivity contribution in [3.05, 3.63) is 11.9 Å². The maximum atomic E-state index is 11.9. The molecular formula is C23H40N6O5S. The van der Waals surface area contributed by atoms with Gasteiger partial charge < -0.3 is 30.2 Å². The van der Waals surface area contributed by atoms with Crippen LogP contribution in [0.15, 0.2) is 6.20 Å². The lowest BCUT2D eigenvalue weighted by atomic mass is 10.0. The molecule has 0 saturated carbocycles. The molecule has 1 aromatic rings. The van der Waals surface area contributed by atoms with E-state index in [0.29, 0.717) is 64.4 Å². The molecule has 3 amide bonds. The molecule has 2 saturated heterocycles. The third kappa shape index (κ3) is 10.3. The summed E-state index contributed by atoms with van der Waals surface area (Å²) in [5.74, 6) is 1.06. The number of carbonyl (C=O) groups is 2. The Labute approximate surface area is 211 Å². The van der Waals surface area contributed by atoms with Crippen molar-refractivity contribution < 1.29 is 23.8 Å². The van der Waals surface area contributed by atoms with Crippen molar-refractivity contribution in [2.75, 3.05) is 51.9 Å². The summed E-state index contributed by atoms with van der Waals surface area (Å²) in [6, 6.07) is 0.506. The number of ether oxygens (including phenoxy) is 3. The number of amides is 3. The summed E-state index contributed by atoms with van der Waals surface area (Å²) in [4.78, 5) is 23.4. The summed E-state index contributed by atoms with van der Waals surface area (Å²) in [5.41, 5.74) is 0.983. The predicted octanol–water partition coefficient (Wildman–Crippen LogP) is 1.12. The Morgan fingerprint density at radius 1 is 1.11 bits per heavy atom. The molecular weight excluding hydrogens is 472 g/mol. The molecule has 1 aromatic heterocycles. The number of unbranched alkanes of at least 4 members (excludes halogenated alkanes) is 2. The fourth-order valence-electron chi connectivity index (χ4n) is 4.11. The lowest BCUT2D eigenvalue weighted by Crippen LogP contribution is -2.36. The Morgan fingerprint density at radius 2 is 1.89 bits per heavy atom. The fraction of sp³-hybridized carbons (Fsp3) is 0.826. The molecule has 2 fully saturated rings. The van der Waals surface area contributed by atoms with Gasteiger partial charge in [0.2, 0.25) is 5.91 Å². The number of nitrogens with zero attached hydrogens (tertiary/aromatic N) is 3. The molecule has 198 valence electrons. The summed E-state index contributed by atoms with van der Waals surface area (Å²) in [5, 5.41) is 17.4. The Hall–Kier alpha value is -1.89. The van der Waals surface area contributed by atoms with Crippen molar-refractivity contribution in [2.45, 2.75) is 69.3 Å². The average molecular weight is 513 g/mol. The maximum absolute atomic E-state index is 11.9. The molecule has 1 unspecified atom stereocenters. The molecule has 2 aliphatic rings. The number of hydrogen-bond donors (Lipinski definition) is 3. The van der Waals surface area contributed by atoms with Gasteiger partial charge in [-0.2, -0.15) is 11.8 Å². The first-order chi connectivity index (χ1) is 17.2. The maximum Gasteiger partial charge on any atom is 0.315 e. The van der Waals surface area contributed by atoms with Crippen LogP contribution in [0.2, 0.25) is 0 Å². The molecule has 35 heavy (non-hydrogen) atoms. The summed E-state index contributed by atoms with van der Waals surface area (Å²) in [7, 11) is 0. The van der Waals surface area contributed by atoms with Gasteiger partial charge in [-0.15, -0.1) is 5.10 Å². The second kappa shape index (κ2) is 16.0. The van der Waals surface area contributed by atoms with Gasteiger partial charge in [-0.05, 0) is 19.3 Å². The van der Waals surface area contributed by atoms with Crippen LogP contribution in [0.4, 0.5) is 4.79 Å². The van der Waals surface area contributed by atoms with E-state index in [2.05, 4.69) is 26.3 Å². The summed E-state index contributed by atoms with van der Waals surface area (Å²) < 4.78 is 18.3. The Balaban J connectivity index is 1.03. The van der Waals surface area contributed by atoms with Crippen LogP contribution in [-0.2, 0) is 32.0 Å². The molecule has 0 spiro atoms. The summed E-state index contributed by atoms with van der Waals surface area (Å²) >= 11 is 1.94. The highest BCUT2D eigenvalue weighted by atomic mass is 32.2. The van der Waals surface area contributed by atoms with E-state index in [1.807, 2.05) is 24.9 Å². The highest BCUT2D eigenvalue weighted by Gasteiger charge is 2.42. The number of nitrogens with one attached hydrogen (secondary N) is 3. The van der Waals surface area contributed by atoms with E-state index < -0.39 is 0 Å². The molecule has 3 heterocycles.